The lowest BCUT2D eigenvalue weighted by atomic mass is 9.94. The van der Waals surface area contributed by atoms with Crippen molar-refractivity contribution in [2.24, 2.45) is 0 Å². The number of carbonyl (C=O) groups is 1. The Morgan fingerprint density at radius 1 is 1.58 bits per heavy atom. The van der Waals surface area contributed by atoms with Crippen molar-refractivity contribution < 1.29 is 14.5 Å². The van der Waals surface area contributed by atoms with Gasteiger partial charge in [0.1, 0.15) is 12.0 Å². The molecule has 0 aromatic heterocycles. The molecule has 0 saturated carbocycles. The average molecular weight is 264 g/mol. The van der Waals surface area contributed by atoms with Crippen LogP contribution < -0.4 is 5.32 Å². The molecule has 0 amide bonds. The summed E-state index contributed by atoms with van der Waals surface area (Å²) >= 11 is 0. The molecule has 1 saturated heterocycles. The number of aldehydes is 1. The number of nitro benzene ring substituents is 1. The number of carbonyl (C=O) groups excluding carboxylic acids is 1. The number of hydrogen-bond donors (Lipinski definition) is 1. The second-order valence-electron chi connectivity index (χ2n) is 4.96. The molecule has 1 aliphatic heterocycles. The van der Waals surface area contributed by atoms with Gasteiger partial charge in [-0.3, -0.25) is 14.9 Å². The van der Waals surface area contributed by atoms with E-state index in [0.717, 1.165) is 6.42 Å². The Labute approximate surface area is 110 Å². The van der Waals surface area contributed by atoms with Gasteiger partial charge in [0.15, 0.2) is 0 Å². The van der Waals surface area contributed by atoms with Gasteiger partial charge in [-0.15, -0.1) is 0 Å². The maximum Gasteiger partial charge on any atom is 0.293 e. The number of nitrogens with one attached hydrogen (secondary N) is 1. The van der Waals surface area contributed by atoms with Crippen LogP contribution in [0.25, 0.3) is 0 Å². The molecule has 1 aromatic rings. The van der Waals surface area contributed by atoms with Crippen molar-refractivity contribution in [1.82, 2.24) is 0 Å². The van der Waals surface area contributed by atoms with Crippen molar-refractivity contribution in [2.75, 3.05) is 11.9 Å². The summed E-state index contributed by atoms with van der Waals surface area (Å²) in [6.07, 6.45) is 1.35. The van der Waals surface area contributed by atoms with E-state index < -0.39 is 4.92 Å². The summed E-state index contributed by atoms with van der Waals surface area (Å²) in [7, 11) is 0. The third-order valence-electron chi connectivity index (χ3n) is 3.66. The van der Waals surface area contributed by atoms with E-state index in [-0.39, 0.29) is 22.9 Å². The molecule has 1 N–H and O–H groups in total. The summed E-state index contributed by atoms with van der Waals surface area (Å²) in [6.45, 7) is 4.54. The summed E-state index contributed by atoms with van der Waals surface area (Å²) in [5.41, 5.74) is 0.270. The van der Waals surface area contributed by atoms with Crippen molar-refractivity contribution in [1.29, 1.82) is 0 Å². The van der Waals surface area contributed by atoms with Crippen LogP contribution in [-0.2, 0) is 4.74 Å². The van der Waals surface area contributed by atoms with Gasteiger partial charge in [-0.2, -0.15) is 0 Å². The van der Waals surface area contributed by atoms with E-state index in [4.69, 9.17) is 4.74 Å². The molecule has 0 bridgehead atoms. The Morgan fingerprint density at radius 3 is 2.84 bits per heavy atom. The predicted molar refractivity (Wildman–Crippen MR) is 70.5 cm³/mol. The van der Waals surface area contributed by atoms with Crippen LogP contribution >= 0.6 is 0 Å². The fourth-order valence-corrected chi connectivity index (χ4v) is 2.19. The number of nitrogens with zero attached hydrogens (tertiary/aromatic N) is 1. The maximum atomic E-state index is 11.1. The lowest BCUT2D eigenvalue weighted by Gasteiger charge is -2.29. The number of hydrogen-bond acceptors (Lipinski definition) is 5. The minimum atomic E-state index is -0.487. The highest BCUT2D eigenvalue weighted by molar-refractivity contribution is 5.79. The zero-order valence-electron chi connectivity index (χ0n) is 10.9. The van der Waals surface area contributed by atoms with E-state index >= 15 is 0 Å². The van der Waals surface area contributed by atoms with Gasteiger partial charge in [-0.25, -0.2) is 0 Å². The summed E-state index contributed by atoms with van der Waals surface area (Å²) in [5, 5.41) is 14.3. The van der Waals surface area contributed by atoms with Crippen LogP contribution in [0.2, 0.25) is 0 Å². The molecular weight excluding hydrogens is 248 g/mol. The molecule has 1 aliphatic rings. The molecule has 1 heterocycles. The van der Waals surface area contributed by atoms with Crippen molar-refractivity contribution in [3.8, 4) is 0 Å². The molecule has 6 heteroatoms. The number of benzene rings is 1. The number of ether oxygens (including phenoxy) is 1. The van der Waals surface area contributed by atoms with Gasteiger partial charge in [0.05, 0.1) is 16.6 Å². The van der Waals surface area contributed by atoms with E-state index in [2.05, 4.69) is 5.32 Å². The van der Waals surface area contributed by atoms with Crippen molar-refractivity contribution >= 4 is 17.7 Å². The van der Waals surface area contributed by atoms with Gasteiger partial charge >= 0.3 is 0 Å². The number of anilines is 1. The first kappa shape index (κ1) is 13.5. The molecule has 0 radical (unpaired) electrons. The SMILES string of the molecule is CC1OCCC1(C)Nc1ccc(C=O)cc1[N+](=O)[O-]. The highest BCUT2D eigenvalue weighted by Gasteiger charge is 2.38. The van der Waals surface area contributed by atoms with Crippen molar-refractivity contribution in [3.05, 3.63) is 33.9 Å². The maximum absolute atomic E-state index is 11.1. The third-order valence-corrected chi connectivity index (χ3v) is 3.66. The topological polar surface area (TPSA) is 81.5 Å². The Hall–Kier alpha value is -1.95. The second kappa shape index (κ2) is 4.97. The van der Waals surface area contributed by atoms with E-state index in [1.165, 1.54) is 6.07 Å². The first-order chi connectivity index (χ1) is 8.96. The van der Waals surface area contributed by atoms with Gasteiger partial charge in [0, 0.05) is 18.2 Å². The standard InChI is InChI=1S/C13H16N2O4/c1-9-13(2,5-6-19-9)14-11-4-3-10(8-16)7-12(11)15(17)18/h3-4,7-9,14H,5-6H2,1-2H3. The first-order valence-corrected chi connectivity index (χ1v) is 6.10. The average Bonchev–Trinajstić information content (AvgIpc) is 2.69. The van der Waals surface area contributed by atoms with Crippen LogP contribution in [0.1, 0.15) is 30.6 Å². The van der Waals surface area contributed by atoms with Crippen molar-refractivity contribution in [2.45, 2.75) is 31.9 Å². The minimum Gasteiger partial charge on any atom is -0.376 e. The Kier molecular flexibility index (Phi) is 3.53. The van der Waals surface area contributed by atoms with Crippen LogP contribution in [0.15, 0.2) is 18.2 Å². The Balaban J connectivity index is 2.34. The highest BCUT2D eigenvalue weighted by atomic mass is 16.6. The summed E-state index contributed by atoms with van der Waals surface area (Å²) in [4.78, 5) is 21.3. The summed E-state index contributed by atoms with van der Waals surface area (Å²) in [6, 6.07) is 4.41. The molecule has 2 unspecified atom stereocenters. The zero-order valence-corrected chi connectivity index (χ0v) is 10.9. The zero-order chi connectivity index (χ0) is 14.0. The first-order valence-electron chi connectivity index (χ1n) is 6.10. The Bertz CT molecular complexity index is 517. The van der Waals surface area contributed by atoms with Gasteiger partial charge in [-0.05, 0) is 32.4 Å². The molecule has 2 rings (SSSR count). The number of nitro groups is 1. The van der Waals surface area contributed by atoms with Crippen LogP contribution in [0.4, 0.5) is 11.4 Å². The molecule has 0 aliphatic carbocycles. The highest BCUT2D eigenvalue weighted by Crippen LogP contribution is 2.33. The van der Waals surface area contributed by atoms with Crippen LogP contribution in [0.5, 0.6) is 0 Å². The smallest absolute Gasteiger partial charge is 0.293 e. The minimum absolute atomic E-state index is 0.0298. The van der Waals surface area contributed by atoms with E-state index in [1.807, 2.05) is 13.8 Å². The molecule has 19 heavy (non-hydrogen) atoms. The summed E-state index contributed by atoms with van der Waals surface area (Å²) in [5.74, 6) is 0. The van der Waals surface area contributed by atoms with Crippen LogP contribution in [0.3, 0.4) is 0 Å². The normalized spacial score (nSPS) is 26.1. The van der Waals surface area contributed by atoms with Gasteiger partial charge in [0.2, 0.25) is 0 Å². The van der Waals surface area contributed by atoms with Gasteiger partial charge < -0.3 is 10.1 Å². The number of rotatable bonds is 4. The van der Waals surface area contributed by atoms with Gasteiger partial charge in [0.25, 0.3) is 5.69 Å². The second-order valence-corrected chi connectivity index (χ2v) is 4.96. The molecule has 1 fully saturated rings. The van der Waals surface area contributed by atoms with Crippen LogP contribution in [0, 0.1) is 10.1 Å². The van der Waals surface area contributed by atoms with Crippen molar-refractivity contribution in [3.63, 3.8) is 0 Å². The fourth-order valence-electron chi connectivity index (χ4n) is 2.19. The summed E-state index contributed by atoms with van der Waals surface area (Å²) < 4.78 is 5.50. The fraction of sp³-hybridized carbons (Fsp3) is 0.462. The molecular formula is C13H16N2O4. The molecule has 2 atom stereocenters. The quantitative estimate of drug-likeness (QED) is 0.513. The molecule has 102 valence electrons. The van der Waals surface area contributed by atoms with Gasteiger partial charge in [-0.1, -0.05) is 0 Å². The molecule has 0 spiro atoms. The van der Waals surface area contributed by atoms with E-state index in [1.54, 1.807) is 12.1 Å². The lowest BCUT2D eigenvalue weighted by Crippen LogP contribution is -2.41. The monoisotopic (exact) mass is 264 g/mol. The molecule has 6 nitrogen and oxygen atoms in total. The molecule has 1 aromatic carbocycles. The largest absolute Gasteiger partial charge is 0.376 e. The van der Waals surface area contributed by atoms with Crippen LogP contribution in [-0.4, -0.2) is 29.5 Å². The lowest BCUT2D eigenvalue weighted by molar-refractivity contribution is -0.384. The third kappa shape index (κ3) is 2.58. The van der Waals surface area contributed by atoms with E-state index in [0.29, 0.717) is 18.6 Å². The predicted octanol–water partition coefficient (Wildman–Crippen LogP) is 2.39. The Morgan fingerprint density at radius 2 is 2.32 bits per heavy atom. The van der Waals surface area contributed by atoms with E-state index in [9.17, 15) is 14.9 Å².